The van der Waals surface area contributed by atoms with Crippen molar-refractivity contribution in [3.8, 4) is 11.5 Å². The summed E-state index contributed by atoms with van der Waals surface area (Å²) < 4.78 is 57.5. The fraction of sp³-hybridized carbons (Fsp3) is 0.294. The van der Waals surface area contributed by atoms with E-state index in [0.717, 1.165) is 12.1 Å². The van der Waals surface area contributed by atoms with Crippen molar-refractivity contribution >= 4 is 23.4 Å². The Kier molecular flexibility index (Phi) is 5.39. The van der Waals surface area contributed by atoms with Crippen molar-refractivity contribution < 1.29 is 32.5 Å². The van der Waals surface area contributed by atoms with Gasteiger partial charge in [-0.05, 0) is 42.4 Å². The van der Waals surface area contributed by atoms with Crippen molar-refractivity contribution in [1.29, 1.82) is 0 Å². The lowest BCUT2D eigenvalue weighted by atomic mass is 10.0. The zero-order valence-electron chi connectivity index (χ0n) is 13.1. The molecule has 0 spiro atoms. The Labute approximate surface area is 155 Å². The van der Waals surface area contributed by atoms with Crippen molar-refractivity contribution in [1.82, 2.24) is 0 Å². The minimum Gasteiger partial charge on any atom is -0.457 e. The van der Waals surface area contributed by atoms with Crippen molar-refractivity contribution in [3.05, 3.63) is 52.3 Å². The summed E-state index contributed by atoms with van der Waals surface area (Å²) >= 11 is 5.45. The topological polar surface area (TPSA) is 49.7 Å². The van der Waals surface area contributed by atoms with Crippen LogP contribution in [0.3, 0.4) is 0 Å². The van der Waals surface area contributed by atoms with Crippen LogP contribution in [-0.2, 0) is 0 Å². The highest BCUT2D eigenvalue weighted by molar-refractivity contribution is 8.00. The number of hydrogen-bond donors (Lipinski definition) is 2. The number of hydrogen-bond acceptors (Lipinski definition) is 4. The number of aliphatic hydroxyl groups is 2. The van der Waals surface area contributed by atoms with Crippen molar-refractivity contribution in [2.75, 3.05) is 6.61 Å². The van der Waals surface area contributed by atoms with E-state index >= 15 is 0 Å². The molecule has 0 saturated carbocycles. The van der Waals surface area contributed by atoms with Gasteiger partial charge in [-0.25, -0.2) is 4.39 Å². The van der Waals surface area contributed by atoms with Gasteiger partial charge in [-0.2, -0.15) is 13.2 Å². The SMILES string of the molecule is OCC1CC(O)c2c(SC(F)(F)F)ccc(Oc3cc(F)cc(Cl)c3)c21. The first-order valence-corrected chi connectivity index (χ1v) is 8.73. The normalized spacial score (nSPS) is 19.5. The molecular weight excluding hydrogens is 396 g/mol. The Bertz CT molecular complexity index is 808. The van der Waals surface area contributed by atoms with Crippen LogP contribution < -0.4 is 4.74 Å². The molecule has 2 aromatic carbocycles. The van der Waals surface area contributed by atoms with Crippen molar-refractivity contribution in [2.45, 2.75) is 28.8 Å². The van der Waals surface area contributed by atoms with Crippen LogP contribution in [0.4, 0.5) is 17.6 Å². The van der Waals surface area contributed by atoms with Gasteiger partial charge in [-0.3, -0.25) is 0 Å². The molecule has 0 amide bonds. The highest BCUT2D eigenvalue weighted by Gasteiger charge is 2.38. The van der Waals surface area contributed by atoms with Crippen LogP contribution in [0.25, 0.3) is 0 Å². The van der Waals surface area contributed by atoms with E-state index in [4.69, 9.17) is 16.3 Å². The van der Waals surface area contributed by atoms with E-state index in [1.165, 1.54) is 18.2 Å². The number of fused-ring (bicyclic) bond motifs is 1. The molecule has 2 unspecified atom stereocenters. The molecule has 0 aliphatic heterocycles. The average Bonchev–Trinajstić information content (AvgIpc) is 2.85. The van der Waals surface area contributed by atoms with Gasteiger partial charge in [0.15, 0.2) is 0 Å². The fourth-order valence-corrected chi connectivity index (χ4v) is 4.00. The molecule has 2 atom stereocenters. The molecule has 1 aliphatic rings. The summed E-state index contributed by atoms with van der Waals surface area (Å²) in [7, 11) is 0. The summed E-state index contributed by atoms with van der Waals surface area (Å²) in [5.74, 6) is -1.02. The Hall–Kier alpha value is -1.48. The molecule has 0 heterocycles. The standard InChI is InChI=1S/C17H13ClF4O3S/c18-9-4-10(19)6-11(5-9)25-13-1-2-14(26-17(20,21)22)16-12(24)3-8(7-23)15(13)16/h1-2,4-6,8,12,23-24H,3,7H2. The second kappa shape index (κ2) is 7.26. The minimum atomic E-state index is -4.52. The van der Waals surface area contributed by atoms with Crippen LogP contribution in [0, 0.1) is 5.82 Å². The number of halogens is 5. The number of ether oxygens (including phenoxy) is 1. The first-order valence-electron chi connectivity index (χ1n) is 7.53. The van der Waals surface area contributed by atoms with Crippen LogP contribution in [0.2, 0.25) is 5.02 Å². The first kappa shape index (κ1) is 19.3. The molecule has 9 heteroatoms. The average molecular weight is 409 g/mol. The highest BCUT2D eigenvalue weighted by atomic mass is 35.5. The van der Waals surface area contributed by atoms with Gasteiger partial charge >= 0.3 is 5.51 Å². The molecule has 0 aromatic heterocycles. The van der Waals surface area contributed by atoms with Gasteiger partial charge in [0.1, 0.15) is 17.3 Å². The number of benzene rings is 2. The third-order valence-corrected chi connectivity index (χ3v) is 4.99. The monoisotopic (exact) mass is 408 g/mol. The minimum absolute atomic E-state index is 0.0616. The van der Waals surface area contributed by atoms with Gasteiger partial charge in [0.25, 0.3) is 0 Å². The van der Waals surface area contributed by atoms with E-state index < -0.39 is 23.3 Å². The molecule has 26 heavy (non-hydrogen) atoms. The van der Waals surface area contributed by atoms with E-state index in [1.54, 1.807) is 0 Å². The lowest BCUT2D eigenvalue weighted by Gasteiger charge is -2.18. The molecule has 2 N–H and O–H groups in total. The van der Waals surface area contributed by atoms with Crippen LogP contribution in [-0.4, -0.2) is 22.3 Å². The van der Waals surface area contributed by atoms with E-state index in [1.807, 2.05) is 0 Å². The maximum absolute atomic E-state index is 13.5. The van der Waals surface area contributed by atoms with Gasteiger partial charge in [-0.1, -0.05) is 11.6 Å². The number of aliphatic hydroxyl groups excluding tert-OH is 2. The maximum atomic E-state index is 13.5. The molecule has 0 fully saturated rings. The van der Waals surface area contributed by atoms with Crippen LogP contribution in [0.15, 0.2) is 35.2 Å². The van der Waals surface area contributed by atoms with Crippen molar-refractivity contribution in [3.63, 3.8) is 0 Å². The molecule has 3 nitrogen and oxygen atoms in total. The lowest BCUT2D eigenvalue weighted by Crippen LogP contribution is -2.04. The van der Waals surface area contributed by atoms with E-state index in [2.05, 4.69) is 0 Å². The lowest BCUT2D eigenvalue weighted by molar-refractivity contribution is -0.0328. The molecule has 1 aliphatic carbocycles. The second-order valence-corrected chi connectivity index (χ2v) is 7.32. The summed E-state index contributed by atoms with van der Waals surface area (Å²) in [5, 5.41) is 19.9. The summed E-state index contributed by atoms with van der Waals surface area (Å²) in [6, 6.07) is 6.02. The number of alkyl halides is 3. The first-order chi connectivity index (χ1) is 12.2. The van der Waals surface area contributed by atoms with Crippen LogP contribution >= 0.6 is 23.4 Å². The van der Waals surface area contributed by atoms with Crippen molar-refractivity contribution in [2.24, 2.45) is 0 Å². The van der Waals surface area contributed by atoms with Crippen LogP contribution in [0.1, 0.15) is 29.6 Å². The van der Waals surface area contributed by atoms with E-state index in [0.29, 0.717) is 0 Å². The highest BCUT2D eigenvalue weighted by Crippen LogP contribution is 2.52. The summed E-state index contributed by atoms with van der Waals surface area (Å²) in [5.41, 5.74) is -4.16. The Balaban J connectivity index is 2.06. The summed E-state index contributed by atoms with van der Waals surface area (Å²) in [4.78, 5) is -0.152. The summed E-state index contributed by atoms with van der Waals surface area (Å²) in [6.45, 7) is -0.371. The molecule has 2 aromatic rings. The predicted molar refractivity (Wildman–Crippen MR) is 89.2 cm³/mol. The van der Waals surface area contributed by atoms with Gasteiger partial charge < -0.3 is 14.9 Å². The smallest absolute Gasteiger partial charge is 0.446 e. The largest absolute Gasteiger partial charge is 0.457 e. The maximum Gasteiger partial charge on any atom is 0.446 e. The zero-order chi connectivity index (χ0) is 19.1. The molecule has 140 valence electrons. The van der Waals surface area contributed by atoms with Gasteiger partial charge in [0.2, 0.25) is 0 Å². The summed E-state index contributed by atoms with van der Waals surface area (Å²) in [6.07, 6.45) is -1.09. The third kappa shape index (κ3) is 4.09. The Morgan fingerprint density at radius 2 is 1.92 bits per heavy atom. The fourth-order valence-electron chi connectivity index (χ4n) is 3.05. The van der Waals surface area contributed by atoms with E-state index in [-0.39, 0.29) is 57.3 Å². The quantitative estimate of drug-likeness (QED) is 0.525. The van der Waals surface area contributed by atoms with Gasteiger partial charge in [-0.15, -0.1) is 0 Å². The molecule has 0 radical (unpaired) electrons. The Morgan fingerprint density at radius 1 is 1.19 bits per heavy atom. The zero-order valence-corrected chi connectivity index (χ0v) is 14.6. The van der Waals surface area contributed by atoms with E-state index in [9.17, 15) is 27.8 Å². The molecule has 3 rings (SSSR count). The molecule has 0 bridgehead atoms. The number of rotatable bonds is 4. The number of thioether (sulfide) groups is 1. The van der Waals surface area contributed by atoms with Crippen LogP contribution in [0.5, 0.6) is 11.5 Å². The third-order valence-electron chi connectivity index (χ3n) is 3.97. The predicted octanol–water partition coefficient (Wildman–Crippen LogP) is 5.40. The molecular formula is C17H13ClF4O3S. The van der Waals surface area contributed by atoms with Gasteiger partial charge in [0.05, 0.1) is 12.7 Å². The Morgan fingerprint density at radius 3 is 2.54 bits per heavy atom. The second-order valence-electron chi connectivity index (χ2n) is 5.78. The molecule has 0 saturated heterocycles. The van der Waals surface area contributed by atoms with Gasteiger partial charge in [0, 0.05) is 33.0 Å².